The van der Waals surface area contributed by atoms with E-state index in [1.165, 1.54) is 48.0 Å². The van der Waals surface area contributed by atoms with Crippen molar-refractivity contribution in [3.8, 4) is 5.75 Å². The topological polar surface area (TPSA) is 44.8 Å². The Bertz CT molecular complexity index is 1330. The molecule has 1 aliphatic carbocycles. The molecule has 0 aromatic heterocycles. The quantitative estimate of drug-likeness (QED) is 0.253. The van der Waals surface area contributed by atoms with Crippen LogP contribution in [-0.2, 0) is 17.6 Å². The van der Waals surface area contributed by atoms with Crippen molar-refractivity contribution in [3.05, 3.63) is 82.4 Å². The number of anilines is 2. The summed E-state index contributed by atoms with van der Waals surface area (Å²) in [6.07, 6.45) is 6.45. The molecular formula is C33H40ClN3O2S. The molecule has 1 saturated carbocycles. The number of carbonyl (C=O) groups is 1. The van der Waals surface area contributed by atoms with Crippen molar-refractivity contribution in [1.29, 1.82) is 0 Å². The van der Waals surface area contributed by atoms with E-state index in [0.717, 1.165) is 58.8 Å². The highest BCUT2D eigenvalue weighted by atomic mass is 35.5. The van der Waals surface area contributed by atoms with E-state index in [9.17, 15) is 4.79 Å². The summed E-state index contributed by atoms with van der Waals surface area (Å²) in [5.41, 5.74) is 5.86. The predicted octanol–water partition coefficient (Wildman–Crippen LogP) is 7.51. The van der Waals surface area contributed by atoms with Crippen molar-refractivity contribution in [2.45, 2.75) is 56.3 Å². The van der Waals surface area contributed by atoms with E-state index in [4.69, 9.17) is 16.3 Å². The summed E-state index contributed by atoms with van der Waals surface area (Å²) < 4.78 is 9.34. The molecule has 3 aromatic carbocycles. The minimum Gasteiger partial charge on any atom is -0.491 e. The fraction of sp³-hybridized carbons (Fsp3) is 0.424. The number of nitrogens with zero attached hydrogens (tertiary/aromatic N) is 2. The van der Waals surface area contributed by atoms with Crippen molar-refractivity contribution >= 4 is 40.8 Å². The van der Waals surface area contributed by atoms with E-state index in [0.29, 0.717) is 13.0 Å². The van der Waals surface area contributed by atoms with Gasteiger partial charge in [-0.2, -0.15) is 0 Å². The SMILES string of the molecule is CCCc1cc(Cl)ccc1C1COc2ccc(SNC(=O)Cc3cccc(N(C)CC4CCC4)c3)cc2N(C)C1. The molecule has 0 bridgehead atoms. The number of rotatable bonds is 10. The third-order valence-corrected chi connectivity index (χ3v) is 9.15. The maximum atomic E-state index is 12.8. The van der Waals surface area contributed by atoms with E-state index in [1.807, 2.05) is 30.3 Å². The second kappa shape index (κ2) is 13.2. The molecule has 1 fully saturated rings. The fourth-order valence-electron chi connectivity index (χ4n) is 5.71. The Morgan fingerprint density at radius 3 is 2.77 bits per heavy atom. The minimum absolute atomic E-state index is 0.00500. The van der Waals surface area contributed by atoms with Crippen LogP contribution in [0.15, 0.2) is 65.6 Å². The highest BCUT2D eigenvalue weighted by Gasteiger charge is 2.25. The first-order valence-corrected chi connectivity index (χ1v) is 15.6. The van der Waals surface area contributed by atoms with Gasteiger partial charge in [0.2, 0.25) is 5.91 Å². The molecule has 3 aromatic rings. The zero-order chi connectivity index (χ0) is 28.1. The van der Waals surface area contributed by atoms with Gasteiger partial charge in [0.25, 0.3) is 0 Å². The van der Waals surface area contributed by atoms with E-state index >= 15 is 0 Å². The number of hydrogen-bond donors (Lipinski definition) is 1. The maximum Gasteiger partial charge on any atom is 0.234 e. The van der Waals surface area contributed by atoms with E-state index in [2.05, 4.69) is 65.9 Å². The average Bonchev–Trinajstić information content (AvgIpc) is 3.08. The lowest BCUT2D eigenvalue weighted by molar-refractivity contribution is -0.118. The largest absolute Gasteiger partial charge is 0.491 e. The number of likely N-dealkylation sites (N-methyl/N-ethyl adjacent to an activating group) is 1. The van der Waals surface area contributed by atoms with Crippen molar-refractivity contribution < 1.29 is 9.53 Å². The molecule has 1 heterocycles. The minimum atomic E-state index is -0.00500. The third-order valence-electron chi connectivity index (χ3n) is 8.10. The van der Waals surface area contributed by atoms with Gasteiger partial charge < -0.3 is 14.5 Å². The first-order chi connectivity index (χ1) is 19.4. The van der Waals surface area contributed by atoms with Crippen LogP contribution in [0.5, 0.6) is 5.75 Å². The van der Waals surface area contributed by atoms with Crippen LogP contribution < -0.4 is 19.3 Å². The number of fused-ring (bicyclic) bond motifs is 1. The van der Waals surface area contributed by atoms with Gasteiger partial charge in [0.1, 0.15) is 5.75 Å². The maximum absolute atomic E-state index is 12.8. The average molecular weight is 578 g/mol. The number of aryl methyl sites for hydroxylation is 1. The summed E-state index contributed by atoms with van der Waals surface area (Å²) in [6.45, 7) is 4.74. The Morgan fingerprint density at radius 2 is 2.00 bits per heavy atom. The molecule has 1 N–H and O–H groups in total. The Morgan fingerprint density at radius 1 is 1.15 bits per heavy atom. The van der Waals surface area contributed by atoms with Gasteiger partial charge in [-0.15, -0.1) is 0 Å². The predicted molar refractivity (Wildman–Crippen MR) is 168 cm³/mol. The van der Waals surface area contributed by atoms with Crippen molar-refractivity contribution in [2.75, 3.05) is 43.6 Å². The second-order valence-electron chi connectivity index (χ2n) is 11.3. The fourth-order valence-corrected chi connectivity index (χ4v) is 6.51. The molecule has 1 atom stereocenters. The van der Waals surface area contributed by atoms with Crippen molar-refractivity contribution in [3.63, 3.8) is 0 Å². The van der Waals surface area contributed by atoms with E-state index in [1.54, 1.807) is 0 Å². The highest BCUT2D eigenvalue weighted by Crippen LogP contribution is 2.37. The van der Waals surface area contributed by atoms with Crippen molar-refractivity contribution in [2.24, 2.45) is 5.92 Å². The summed E-state index contributed by atoms with van der Waals surface area (Å²) in [4.78, 5) is 18.4. The van der Waals surface area contributed by atoms with Gasteiger partial charge in [-0.3, -0.25) is 9.52 Å². The highest BCUT2D eigenvalue weighted by molar-refractivity contribution is 7.98. The molecule has 1 amide bonds. The number of carbonyl (C=O) groups excluding carboxylic acids is 1. The summed E-state index contributed by atoms with van der Waals surface area (Å²) in [5.74, 6) is 1.92. The Labute approximate surface area is 248 Å². The standard InChI is InChI=1S/C33H40ClN3O2S/c1-4-7-25-18-27(34)12-14-30(25)26-21-37(3)31-19-29(13-15-32(31)39-22-26)40-35-33(38)17-24-10-6-11-28(16-24)36(2)20-23-8-5-9-23/h6,10-16,18-19,23,26H,4-5,7-9,17,20-22H2,1-3H3,(H,35,38). The van der Waals surface area contributed by atoms with Gasteiger partial charge in [-0.1, -0.05) is 49.6 Å². The number of ether oxygens (including phenoxy) is 1. The van der Waals surface area contributed by atoms with E-state index < -0.39 is 0 Å². The molecule has 7 heteroatoms. The zero-order valence-electron chi connectivity index (χ0n) is 23.8. The summed E-state index contributed by atoms with van der Waals surface area (Å²) in [5, 5.41) is 0.783. The van der Waals surface area contributed by atoms with Crippen LogP contribution in [-0.4, -0.2) is 39.7 Å². The number of nitrogens with one attached hydrogen (secondary N) is 1. The Hall–Kier alpha value is -2.83. The second-order valence-corrected chi connectivity index (χ2v) is 12.6. The van der Waals surface area contributed by atoms with Gasteiger partial charge in [0.15, 0.2) is 0 Å². The monoisotopic (exact) mass is 577 g/mol. The van der Waals surface area contributed by atoms with Crippen LogP contribution in [0.4, 0.5) is 11.4 Å². The molecule has 0 saturated heterocycles. The van der Waals surface area contributed by atoms with Crippen LogP contribution in [0.1, 0.15) is 55.2 Å². The molecule has 5 nitrogen and oxygen atoms in total. The normalized spacial score (nSPS) is 16.9. The van der Waals surface area contributed by atoms with Crippen LogP contribution in [0.25, 0.3) is 0 Å². The molecule has 212 valence electrons. The molecule has 0 spiro atoms. The smallest absolute Gasteiger partial charge is 0.234 e. The Balaban J connectivity index is 1.19. The third kappa shape index (κ3) is 7.08. The van der Waals surface area contributed by atoms with Gasteiger partial charge in [0, 0.05) is 48.7 Å². The lowest BCUT2D eigenvalue weighted by atomic mass is 9.85. The van der Waals surface area contributed by atoms with Gasteiger partial charge >= 0.3 is 0 Å². The van der Waals surface area contributed by atoms with Gasteiger partial charge in [-0.05, 0) is 96.3 Å². The molecular weight excluding hydrogens is 538 g/mol. The van der Waals surface area contributed by atoms with Crippen LogP contribution in [0, 0.1) is 5.92 Å². The number of hydrogen-bond acceptors (Lipinski definition) is 5. The molecule has 5 rings (SSSR count). The van der Waals surface area contributed by atoms with Crippen LogP contribution in [0.3, 0.4) is 0 Å². The molecule has 2 aliphatic rings. The number of amides is 1. The number of benzene rings is 3. The number of halogens is 1. The lowest BCUT2D eigenvalue weighted by Gasteiger charge is -2.31. The van der Waals surface area contributed by atoms with E-state index in [-0.39, 0.29) is 11.8 Å². The van der Waals surface area contributed by atoms with Crippen LogP contribution in [0.2, 0.25) is 5.02 Å². The first-order valence-electron chi connectivity index (χ1n) is 14.4. The lowest BCUT2D eigenvalue weighted by Crippen LogP contribution is -2.29. The van der Waals surface area contributed by atoms with Gasteiger partial charge in [0.05, 0.1) is 18.7 Å². The molecule has 40 heavy (non-hydrogen) atoms. The molecule has 1 unspecified atom stereocenters. The first kappa shape index (κ1) is 28.7. The van der Waals surface area contributed by atoms with Crippen LogP contribution >= 0.6 is 23.5 Å². The summed E-state index contributed by atoms with van der Waals surface area (Å²) in [6, 6.07) is 20.7. The summed E-state index contributed by atoms with van der Waals surface area (Å²) in [7, 11) is 4.26. The molecule has 1 aliphatic heterocycles. The summed E-state index contributed by atoms with van der Waals surface area (Å²) >= 11 is 7.67. The zero-order valence-corrected chi connectivity index (χ0v) is 25.4. The molecule has 0 radical (unpaired) electrons. The Kier molecular flexibility index (Phi) is 9.48. The van der Waals surface area contributed by atoms with Gasteiger partial charge in [-0.25, -0.2) is 0 Å². The van der Waals surface area contributed by atoms with Crippen molar-refractivity contribution in [1.82, 2.24) is 4.72 Å².